The van der Waals surface area contributed by atoms with E-state index in [1.807, 2.05) is 0 Å². The fourth-order valence-corrected chi connectivity index (χ4v) is 4.48. The van der Waals surface area contributed by atoms with Crippen LogP contribution in [0.5, 0.6) is 0 Å². The van der Waals surface area contributed by atoms with E-state index in [-0.39, 0.29) is 5.60 Å². The fraction of sp³-hybridized carbons (Fsp3) is 0.0833. The van der Waals surface area contributed by atoms with Gasteiger partial charge in [-0.25, -0.2) is 0 Å². The maximum absolute atomic E-state index is 6.62. The SMILES string of the molecule is c1ccc(C2(c3ccccc3)OC23c2cc4ccccc4cc23)cc1. The van der Waals surface area contributed by atoms with Gasteiger partial charge in [-0.1, -0.05) is 84.9 Å². The molecule has 4 aromatic rings. The van der Waals surface area contributed by atoms with Crippen LogP contribution in [0.3, 0.4) is 0 Å². The highest BCUT2D eigenvalue weighted by atomic mass is 16.6. The molecule has 1 nitrogen and oxygen atoms in total. The van der Waals surface area contributed by atoms with Gasteiger partial charge in [-0.3, -0.25) is 0 Å². The fourth-order valence-electron chi connectivity index (χ4n) is 4.48. The molecule has 0 atom stereocenters. The van der Waals surface area contributed by atoms with Crippen LogP contribution in [0.25, 0.3) is 10.8 Å². The highest BCUT2D eigenvalue weighted by molar-refractivity contribution is 5.90. The minimum Gasteiger partial charge on any atom is -0.342 e. The van der Waals surface area contributed by atoms with E-state index in [0.717, 1.165) is 0 Å². The van der Waals surface area contributed by atoms with Crippen molar-refractivity contribution < 1.29 is 4.74 Å². The summed E-state index contributed by atoms with van der Waals surface area (Å²) in [6, 6.07) is 34.4. The Morgan fingerprint density at radius 1 is 0.480 bits per heavy atom. The summed E-state index contributed by atoms with van der Waals surface area (Å²) in [5, 5.41) is 2.56. The summed E-state index contributed by atoms with van der Waals surface area (Å²) in [7, 11) is 0. The Kier molecular flexibility index (Phi) is 2.35. The Morgan fingerprint density at radius 2 is 0.920 bits per heavy atom. The van der Waals surface area contributed by atoms with E-state index in [4.69, 9.17) is 4.74 Å². The maximum atomic E-state index is 6.62. The molecule has 1 heterocycles. The van der Waals surface area contributed by atoms with Gasteiger partial charge in [0.05, 0.1) is 0 Å². The summed E-state index contributed by atoms with van der Waals surface area (Å²) in [6.07, 6.45) is 0. The Morgan fingerprint density at radius 3 is 1.40 bits per heavy atom. The lowest BCUT2D eigenvalue weighted by molar-refractivity contribution is 0.318. The third-order valence-electron chi connectivity index (χ3n) is 5.70. The number of epoxide rings is 1. The van der Waals surface area contributed by atoms with Crippen LogP contribution in [0.2, 0.25) is 0 Å². The number of hydrogen-bond acceptors (Lipinski definition) is 1. The van der Waals surface area contributed by atoms with E-state index in [1.165, 1.54) is 33.0 Å². The third-order valence-corrected chi connectivity index (χ3v) is 5.70. The summed E-state index contributed by atoms with van der Waals surface area (Å²) in [5.41, 5.74) is 4.44. The van der Waals surface area contributed by atoms with E-state index in [9.17, 15) is 0 Å². The molecule has 1 aliphatic carbocycles. The van der Waals surface area contributed by atoms with E-state index in [1.54, 1.807) is 0 Å². The summed E-state index contributed by atoms with van der Waals surface area (Å²) in [6.45, 7) is 0. The van der Waals surface area contributed by atoms with Gasteiger partial charge >= 0.3 is 0 Å². The van der Waals surface area contributed by atoms with Crippen molar-refractivity contribution in [2.45, 2.75) is 11.2 Å². The molecule has 6 rings (SSSR count). The average molecular weight is 320 g/mol. The summed E-state index contributed by atoms with van der Waals surface area (Å²) in [4.78, 5) is 0. The molecule has 0 N–H and O–H groups in total. The van der Waals surface area contributed by atoms with Crippen molar-refractivity contribution in [3.8, 4) is 0 Å². The molecule has 0 unspecified atom stereocenters. The Balaban J connectivity index is 1.59. The van der Waals surface area contributed by atoms with Crippen LogP contribution in [0.15, 0.2) is 97.1 Å². The molecule has 2 aliphatic rings. The lowest BCUT2D eigenvalue weighted by Gasteiger charge is -2.14. The first kappa shape index (κ1) is 13.4. The third kappa shape index (κ3) is 1.52. The van der Waals surface area contributed by atoms with Crippen LogP contribution in [0.1, 0.15) is 22.3 Å². The van der Waals surface area contributed by atoms with Crippen LogP contribution in [0.4, 0.5) is 0 Å². The topological polar surface area (TPSA) is 12.5 Å². The number of benzene rings is 4. The molecule has 1 saturated heterocycles. The molecule has 0 saturated carbocycles. The van der Waals surface area contributed by atoms with Gasteiger partial charge < -0.3 is 4.74 Å². The first-order valence-electron chi connectivity index (χ1n) is 8.71. The van der Waals surface area contributed by atoms with E-state index in [2.05, 4.69) is 97.1 Å². The van der Waals surface area contributed by atoms with Crippen molar-refractivity contribution >= 4 is 10.8 Å². The molecule has 25 heavy (non-hydrogen) atoms. The quantitative estimate of drug-likeness (QED) is 0.452. The highest BCUT2D eigenvalue weighted by Crippen LogP contribution is 2.78. The van der Waals surface area contributed by atoms with Gasteiger partial charge in [0.15, 0.2) is 11.2 Å². The summed E-state index contributed by atoms with van der Waals surface area (Å²) < 4.78 is 6.62. The van der Waals surface area contributed by atoms with Gasteiger partial charge in [0, 0.05) is 0 Å². The van der Waals surface area contributed by atoms with Crippen molar-refractivity contribution in [1.29, 1.82) is 0 Å². The second-order valence-corrected chi connectivity index (χ2v) is 6.94. The van der Waals surface area contributed by atoms with Crippen LogP contribution in [-0.2, 0) is 15.9 Å². The number of ether oxygens (including phenoxy) is 1. The zero-order valence-corrected chi connectivity index (χ0v) is 13.6. The minimum absolute atomic E-state index is 0.283. The second kappa shape index (κ2) is 4.38. The Hall–Kier alpha value is -2.90. The van der Waals surface area contributed by atoms with Crippen molar-refractivity contribution in [3.05, 3.63) is 119 Å². The van der Waals surface area contributed by atoms with Gasteiger partial charge in [-0.15, -0.1) is 0 Å². The lowest BCUT2D eigenvalue weighted by atomic mass is 9.85. The number of rotatable bonds is 2. The van der Waals surface area contributed by atoms with Gasteiger partial charge in [0.2, 0.25) is 0 Å². The minimum atomic E-state index is -0.394. The van der Waals surface area contributed by atoms with Crippen LogP contribution in [0, 0.1) is 0 Å². The number of fused-ring (bicyclic) bond motifs is 4. The van der Waals surface area contributed by atoms with Crippen LogP contribution >= 0.6 is 0 Å². The molecule has 0 aromatic heterocycles. The Bertz CT molecular complexity index is 1030. The molecule has 0 radical (unpaired) electrons. The largest absolute Gasteiger partial charge is 0.342 e. The lowest BCUT2D eigenvalue weighted by Crippen LogP contribution is -2.15. The smallest absolute Gasteiger partial charge is 0.158 e. The summed E-state index contributed by atoms with van der Waals surface area (Å²) in [5.74, 6) is 0. The normalized spacial score (nSPS) is 18.1. The zero-order chi connectivity index (χ0) is 16.5. The van der Waals surface area contributed by atoms with E-state index in [0.29, 0.717) is 0 Å². The molecule has 1 heteroatoms. The maximum Gasteiger partial charge on any atom is 0.158 e. The van der Waals surface area contributed by atoms with Gasteiger partial charge in [0.25, 0.3) is 0 Å². The van der Waals surface area contributed by atoms with Gasteiger partial charge in [0.1, 0.15) is 0 Å². The second-order valence-electron chi connectivity index (χ2n) is 6.94. The molecular weight excluding hydrogens is 304 g/mol. The average Bonchev–Trinajstić information content (AvgIpc) is 3.57. The van der Waals surface area contributed by atoms with E-state index < -0.39 is 5.60 Å². The molecule has 0 bridgehead atoms. The molecule has 1 spiro atoms. The highest BCUT2D eigenvalue weighted by Gasteiger charge is 2.82. The first-order chi connectivity index (χ1) is 12.4. The monoisotopic (exact) mass is 320 g/mol. The van der Waals surface area contributed by atoms with Gasteiger partial charge in [-0.05, 0) is 45.2 Å². The zero-order valence-electron chi connectivity index (χ0n) is 13.6. The molecule has 1 aliphatic heterocycles. The standard InChI is InChI=1S/C24H16O/c1-3-11-19(12-4-1)23(20-13-5-2-6-14-20)24(25-23)21-15-17-9-7-8-10-18(17)16-22(21)24/h1-16H. The molecule has 0 amide bonds. The first-order valence-corrected chi connectivity index (χ1v) is 8.71. The molecule has 1 fully saturated rings. The molecular formula is C24H16O. The summed E-state index contributed by atoms with van der Waals surface area (Å²) >= 11 is 0. The van der Waals surface area contributed by atoms with Gasteiger partial charge in [-0.2, -0.15) is 0 Å². The molecule has 4 aromatic carbocycles. The van der Waals surface area contributed by atoms with Crippen molar-refractivity contribution in [3.63, 3.8) is 0 Å². The van der Waals surface area contributed by atoms with Crippen LogP contribution in [-0.4, -0.2) is 0 Å². The predicted octanol–water partition coefficient (Wildman–Crippen LogP) is 5.37. The van der Waals surface area contributed by atoms with Crippen LogP contribution < -0.4 is 0 Å². The Labute approximate surface area is 146 Å². The predicted molar refractivity (Wildman–Crippen MR) is 99.5 cm³/mol. The molecule has 118 valence electrons. The number of hydrogen-bond donors (Lipinski definition) is 0. The van der Waals surface area contributed by atoms with Crippen molar-refractivity contribution in [2.75, 3.05) is 0 Å². The van der Waals surface area contributed by atoms with Crippen molar-refractivity contribution in [1.82, 2.24) is 0 Å². The van der Waals surface area contributed by atoms with Crippen molar-refractivity contribution in [2.24, 2.45) is 0 Å². The van der Waals surface area contributed by atoms with E-state index >= 15 is 0 Å².